The number of carbonyl (C=O) groups is 7. The van der Waals surface area contributed by atoms with E-state index in [0.29, 0.717) is 11.3 Å². The van der Waals surface area contributed by atoms with Crippen LogP contribution >= 0.6 is 11.8 Å². The number of thioether (sulfide) groups is 1. The van der Waals surface area contributed by atoms with E-state index in [1.54, 1.807) is 18.2 Å². The summed E-state index contributed by atoms with van der Waals surface area (Å²) in [7, 11) is 0. The molecule has 0 bridgehead atoms. The van der Waals surface area contributed by atoms with Crippen LogP contribution in [0.5, 0.6) is 11.5 Å². The minimum absolute atomic E-state index is 0.102. The fourth-order valence-electron chi connectivity index (χ4n) is 5.62. The molecule has 16 nitrogen and oxygen atoms in total. The number of piperazine rings is 1. The number of imide groups is 1. The lowest BCUT2D eigenvalue weighted by molar-refractivity contribution is -0.176. The second kappa shape index (κ2) is 11.3. The summed E-state index contributed by atoms with van der Waals surface area (Å²) in [5, 5.41) is 36.2. The first-order valence-electron chi connectivity index (χ1n) is 13.5. The molecule has 3 saturated heterocycles. The van der Waals surface area contributed by atoms with Crippen LogP contribution in [0.15, 0.2) is 48.5 Å². The van der Waals surface area contributed by atoms with Gasteiger partial charge in [-0.2, -0.15) is 0 Å². The molecule has 5 rings (SSSR count). The highest BCUT2D eigenvalue weighted by Gasteiger charge is 2.74. The molecular weight excluding hydrogens is 612 g/mol. The van der Waals surface area contributed by atoms with Crippen LogP contribution in [-0.4, -0.2) is 102 Å². The summed E-state index contributed by atoms with van der Waals surface area (Å²) in [4.78, 5) is 92.7. The zero-order valence-electron chi connectivity index (χ0n) is 23.8. The quantitative estimate of drug-likeness (QED) is 0.0927. The zero-order chi connectivity index (χ0) is 32.8. The van der Waals surface area contributed by atoms with Gasteiger partial charge in [-0.25, -0.2) is 9.59 Å². The van der Waals surface area contributed by atoms with E-state index in [-0.39, 0.29) is 24.3 Å². The minimum atomic E-state index is -2.29. The van der Waals surface area contributed by atoms with Gasteiger partial charge in [0.15, 0.2) is 11.5 Å². The van der Waals surface area contributed by atoms with Crippen molar-refractivity contribution >= 4 is 59.5 Å². The van der Waals surface area contributed by atoms with Gasteiger partial charge in [0.05, 0.1) is 4.75 Å². The molecule has 17 heteroatoms. The fraction of sp³-hybridized carbons (Fsp3) is 0.321. The summed E-state index contributed by atoms with van der Waals surface area (Å²) in [6.45, 7) is 2.55. The van der Waals surface area contributed by atoms with E-state index in [1.807, 2.05) is 0 Å². The smallest absolute Gasteiger partial charge is 0.352 e. The van der Waals surface area contributed by atoms with Crippen molar-refractivity contribution in [3.8, 4) is 11.5 Å². The number of carboxylic acid groups (broad SMARTS) is 1. The molecule has 2 aromatic rings. The Morgan fingerprint density at radius 3 is 2.31 bits per heavy atom. The number of aromatic hydroxyl groups is 2. The van der Waals surface area contributed by atoms with Gasteiger partial charge in [0.25, 0.3) is 5.91 Å². The first-order chi connectivity index (χ1) is 21.2. The summed E-state index contributed by atoms with van der Waals surface area (Å²) in [5.41, 5.74) is -1.98. The van der Waals surface area contributed by atoms with Crippen molar-refractivity contribution < 1.29 is 48.9 Å². The maximum atomic E-state index is 13.9. The van der Waals surface area contributed by atoms with Crippen molar-refractivity contribution in [3.05, 3.63) is 54.1 Å². The molecule has 0 radical (unpaired) electrons. The maximum Gasteiger partial charge on any atom is 0.352 e. The zero-order valence-corrected chi connectivity index (χ0v) is 24.6. The number of phenolic OH excluding ortho intramolecular Hbond substituents is 2. The molecule has 7 amide bonds. The van der Waals surface area contributed by atoms with Crippen LogP contribution < -0.4 is 20.9 Å². The number of urea groups is 1. The molecule has 45 heavy (non-hydrogen) atoms. The molecule has 4 atom stereocenters. The van der Waals surface area contributed by atoms with E-state index in [9.17, 15) is 48.9 Å². The molecule has 0 saturated carbocycles. The van der Waals surface area contributed by atoms with E-state index in [4.69, 9.17) is 0 Å². The summed E-state index contributed by atoms with van der Waals surface area (Å²) >= 11 is 1.07. The number of benzene rings is 2. The Morgan fingerprint density at radius 1 is 1.00 bits per heavy atom. The highest BCUT2D eigenvalue weighted by Crippen LogP contribution is 2.55. The van der Waals surface area contributed by atoms with Crippen LogP contribution in [0.25, 0.3) is 0 Å². The van der Waals surface area contributed by atoms with Crippen LogP contribution in [0.2, 0.25) is 0 Å². The van der Waals surface area contributed by atoms with Gasteiger partial charge in [-0.15, -0.1) is 11.8 Å². The average Bonchev–Trinajstić information content (AvgIpc) is 3.21. The number of hydrogen-bond donors (Lipinski definition) is 6. The minimum Gasteiger partial charge on any atom is -0.504 e. The number of hydrogen-bond acceptors (Lipinski definition) is 10. The van der Waals surface area contributed by atoms with Crippen LogP contribution in [0.4, 0.5) is 10.5 Å². The number of anilines is 1. The van der Waals surface area contributed by atoms with E-state index in [2.05, 4.69) is 16.0 Å². The number of β-lactam (4-membered cyclic amide) rings is 1. The molecule has 6 N–H and O–H groups in total. The number of fused-ring (bicyclic) bond motifs is 1. The third-order valence-corrected chi connectivity index (χ3v) is 9.56. The lowest BCUT2D eigenvalue weighted by atomic mass is 9.88. The van der Waals surface area contributed by atoms with Crippen molar-refractivity contribution in [2.24, 2.45) is 0 Å². The number of rotatable bonds is 8. The van der Waals surface area contributed by atoms with Crippen molar-refractivity contribution in [2.45, 2.75) is 41.7 Å². The van der Waals surface area contributed by atoms with Crippen molar-refractivity contribution in [2.75, 3.05) is 18.0 Å². The second-order valence-corrected chi connectivity index (χ2v) is 12.6. The topological polar surface area (TPSA) is 226 Å². The third-order valence-electron chi connectivity index (χ3n) is 7.95. The molecule has 3 heterocycles. The van der Waals surface area contributed by atoms with Crippen molar-refractivity contribution in [1.82, 2.24) is 25.8 Å². The number of carboxylic acids is 1. The number of nitrogens with one attached hydrogen (secondary N) is 3. The van der Waals surface area contributed by atoms with Crippen LogP contribution in [-0.2, 0) is 28.8 Å². The lowest BCUT2D eigenvalue weighted by Gasteiger charge is -2.49. The third kappa shape index (κ3) is 4.94. The summed E-state index contributed by atoms with van der Waals surface area (Å²) < 4.78 is -1.32. The van der Waals surface area contributed by atoms with Crippen molar-refractivity contribution in [3.63, 3.8) is 0 Å². The summed E-state index contributed by atoms with van der Waals surface area (Å²) in [6, 6.07) is 7.55. The Hall–Kier alpha value is -5.32. The molecule has 0 aliphatic carbocycles. The Labute approximate surface area is 259 Å². The molecule has 236 valence electrons. The van der Waals surface area contributed by atoms with Gasteiger partial charge in [-0.1, -0.05) is 30.3 Å². The largest absolute Gasteiger partial charge is 0.504 e. The Morgan fingerprint density at radius 2 is 1.69 bits per heavy atom. The molecular formula is C28H28N6O10S. The molecule has 2 aromatic carbocycles. The maximum absolute atomic E-state index is 13.9. The van der Waals surface area contributed by atoms with Gasteiger partial charge in [-0.3, -0.25) is 33.8 Å². The monoisotopic (exact) mass is 640 g/mol. The van der Waals surface area contributed by atoms with Gasteiger partial charge < -0.3 is 36.2 Å². The Kier molecular flexibility index (Phi) is 7.82. The van der Waals surface area contributed by atoms with Gasteiger partial charge in [0, 0.05) is 24.8 Å². The second-order valence-electron chi connectivity index (χ2n) is 10.9. The van der Waals surface area contributed by atoms with Crippen LogP contribution in [0.1, 0.15) is 25.5 Å². The van der Waals surface area contributed by atoms with Crippen LogP contribution in [0, 0.1) is 0 Å². The molecule has 1 unspecified atom stereocenters. The van der Waals surface area contributed by atoms with E-state index in [0.717, 1.165) is 33.7 Å². The predicted molar refractivity (Wildman–Crippen MR) is 155 cm³/mol. The number of amides is 7. The van der Waals surface area contributed by atoms with E-state index in [1.165, 1.54) is 32.0 Å². The normalized spacial score (nSPS) is 24.3. The highest BCUT2D eigenvalue weighted by atomic mass is 32.2. The summed E-state index contributed by atoms with van der Waals surface area (Å²) in [5.74, 6) is -6.61. The molecule has 3 fully saturated rings. The molecule has 0 aromatic heterocycles. The van der Waals surface area contributed by atoms with Gasteiger partial charge >= 0.3 is 23.8 Å². The van der Waals surface area contributed by atoms with E-state index < -0.39 is 75.0 Å². The Bertz CT molecular complexity index is 1620. The van der Waals surface area contributed by atoms with Gasteiger partial charge in [0.1, 0.15) is 17.5 Å². The van der Waals surface area contributed by atoms with Crippen molar-refractivity contribution in [1.29, 1.82) is 0 Å². The first kappa shape index (κ1) is 31.1. The van der Waals surface area contributed by atoms with E-state index >= 15 is 0 Å². The lowest BCUT2D eigenvalue weighted by Crippen LogP contribution is -2.80. The number of carbonyl (C=O) groups excluding carboxylic acids is 6. The summed E-state index contributed by atoms with van der Waals surface area (Å²) in [6.07, 6.45) is 0.328. The fourth-order valence-corrected chi connectivity index (χ4v) is 7.33. The average molecular weight is 641 g/mol. The van der Waals surface area contributed by atoms with Crippen LogP contribution in [0.3, 0.4) is 0 Å². The molecule has 3 aliphatic heterocycles. The predicted octanol–water partition coefficient (Wildman–Crippen LogP) is -0.571. The standard InChI is InChI=1S/C28H28N6O10S/c1-27(2)28(25(42)43,34-21(39)19(29-13-35)24(34)45-27)31-20(38)18(14-6-4-3-5-7-14)30-26(44)33-11-10-32(22(40)23(33)41)15-8-9-16(36)17(37)12-15/h3-9,12-13,18-19,24,36-37H,10-11H2,1-2H3,(H,29,35)(H,30,44)(H,31,38)(H,42,43)/t18?,19-,24-,28+/m1/s1. The number of aliphatic carboxylic acids is 1. The van der Waals surface area contributed by atoms with Gasteiger partial charge in [-0.05, 0) is 31.5 Å². The number of nitrogens with zero attached hydrogens (tertiary/aromatic N) is 3. The Balaban J connectivity index is 1.40. The highest BCUT2D eigenvalue weighted by molar-refractivity contribution is 8.01. The molecule has 3 aliphatic rings. The SMILES string of the molecule is CC1(C)S[C@@H]2[C@H](NC=O)C(=O)N2[C@@]1(NC(=O)C(NC(=O)N1CCN(c2ccc(O)c(O)c2)C(=O)C1=O)c1ccccc1)C(=O)O. The number of phenols is 2. The first-order valence-corrected chi connectivity index (χ1v) is 14.4. The van der Waals surface area contributed by atoms with Gasteiger partial charge in [0.2, 0.25) is 18.0 Å². The molecule has 0 spiro atoms.